The lowest BCUT2D eigenvalue weighted by atomic mass is 9.58. The number of allylic oxidation sites excluding steroid dienone is 1. The van der Waals surface area contributed by atoms with Crippen LogP contribution in [0.15, 0.2) is 59.1 Å². The number of phenols is 1. The minimum absolute atomic E-state index is 0.00231. The van der Waals surface area contributed by atoms with Gasteiger partial charge in [-0.25, -0.2) is 0 Å². The molecule has 0 heterocycles. The number of hydrogen-bond donors (Lipinski definition) is 6. The van der Waals surface area contributed by atoms with Gasteiger partial charge >= 0.3 is 0 Å². The maximum Gasteiger partial charge on any atom is 0.255 e. The lowest BCUT2D eigenvalue weighted by Gasteiger charge is -2.50. The van der Waals surface area contributed by atoms with E-state index < -0.39 is 58.0 Å². The molecule has 11 heteroatoms. The summed E-state index contributed by atoms with van der Waals surface area (Å²) in [4.78, 5) is 52.2. The molecule has 0 aliphatic heterocycles. The predicted octanol–water partition coefficient (Wildman–Crippen LogP) is 1.75. The van der Waals surface area contributed by atoms with Crippen LogP contribution in [0.4, 0.5) is 5.69 Å². The molecule has 0 bridgehead atoms. The first kappa shape index (κ1) is 27.1. The fourth-order valence-corrected chi connectivity index (χ4v) is 6.46. The summed E-state index contributed by atoms with van der Waals surface area (Å²) >= 11 is 0. The van der Waals surface area contributed by atoms with Crippen LogP contribution in [0, 0.1) is 11.8 Å². The van der Waals surface area contributed by atoms with Crippen molar-refractivity contribution < 1.29 is 39.6 Å². The van der Waals surface area contributed by atoms with Gasteiger partial charge in [-0.15, -0.1) is 0 Å². The van der Waals surface area contributed by atoms with Crippen molar-refractivity contribution in [2.24, 2.45) is 17.6 Å². The minimum atomic E-state index is -2.68. The standard InChI is InChI=1S/C29H29N3O8/c1-12(33)31-15-6-4-13(5-7-15)16-8-9-19(34)21-17(16)10-14-11-18-23(32(2)3)25(36)22(28(30)39)27(38)29(18,40)26(37)20(14)24(21)35/h4-9,14,18,23,34,36-37,40H,10-11H2,1-3H3,(H2,30,39)(H,31,33)/t14-,18-,23-,29?/m0/s1. The number of aromatic hydroxyl groups is 1. The first-order chi connectivity index (χ1) is 18.8. The number of rotatable bonds is 4. The van der Waals surface area contributed by atoms with E-state index in [2.05, 4.69) is 5.32 Å². The molecule has 0 saturated heterocycles. The van der Waals surface area contributed by atoms with E-state index in [1.807, 2.05) is 0 Å². The number of amides is 2. The Kier molecular flexibility index (Phi) is 6.31. The number of nitrogens with zero attached hydrogens (tertiary/aromatic N) is 1. The fraction of sp³-hybridized carbons (Fsp3) is 0.310. The van der Waals surface area contributed by atoms with Crippen LogP contribution in [0.3, 0.4) is 0 Å². The summed E-state index contributed by atoms with van der Waals surface area (Å²) < 4.78 is 0. The number of aliphatic hydroxyl groups is 3. The van der Waals surface area contributed by atoms with Crippen molar-refractivity contribution in [1.29, 1.82) is 0 Å². The zero-order valence-electron chi connectivity index (χ0n) is 22.1. The molecule has 1 unspecified atom stereocenters. The van der Waals surface area contributed by atoms with Crippen LogP contribution < -0.4 is 11.1 Å². The van der Waals surface area contributed by atoms with E-state index in [0.29, 0.717) is 22.4 Å². The van der Waals surface area contributed by atoms with Crippen molar-refractivity contribution in [3.8, 4) is 16.9 Å². The second kappa shape index (κ2) is 9.32. The Morgan fingerprint density at radius 2 is 1.70 bits per heavy atom. The number of Topliss-reactive ketones (excluding diaryl/α,β-unsaturated/α-hetero) is 2. The van der Waals surface area contributed by atoms with Gasteiger partial charge < -0.3 is 31.5 Å². The number of nitrogens with one attached hydrogen (secondary N) is 1. The maximum atomic E-state index is 13.8. The topological polar surface area (TPSA) is 190 Å². The highest BCUT2D eigenvalue weighted by Gasteiger charge is 2.63. The highest BCUT2D eigenvalue weighted by Crippen LogP contribution is 2.53. The summed E-state index contributed by atoms with van der Waals surface area (Å²) in [7, 11) is 3.15. The number of carbonyl (C=O) groups excluding carboxylic acids is 4. The SMILES string of the molecule is CC(=O)Nc1ccc(-c2ccc(O)c3c2C[C@H]2C[C@H]4[C@H](N(C)C)C(O)=C(C(N)=O)C(=O)C4(O)C(O)=C2C3=O)cc1. The molecule has 11 nitrogen and oxygen atoms in total. The van der Waals surface area contributed by atoms with E-state index in [1.54, 1.807) is 44.4 Å². The number of ketones is 2. The van der Waals surface area contributed by atoms with Gasteiger partial charge in [-0.05, 0) is 67.7 Å². The third-order valence-electron chi connectivity index (χ3n) is 8.12. The van der Waals surface area contributed by atoms with Crippen LogP contribution >= 0.6 is 0 Å². The number of likely N-dealkylation sites (N-methyl/N-ethyl adjacent to an activating group) is 1. The summed E-state index contributed by atoms with van der Waals surface area (Å²) in [5.74, 6) is -7.15. The van der Waals surface area contributed by atoms with E-state index >= 15 is 0 Å². The van der Waals surface area contributed by atoms with Gasteiger partial charge in [0.2, 0.25) is 11.7 Å². The highest BCUT2D eigenvalue weighted by atomic mass is 16.3. The monoisotopic (exact) mass is 547 g/mol. The Hall–Kier alpha value is -4.48. The van der Waals surface area contributed by atoms with Gasteiger partial charge in [0.1, 0.15) is 22.8 Å². The number of phenolic OH excluding ortho intramolecular Hbond substituents is 1. The predicted molar refractivity (Wildman–Crippen MR) is 143 cm³/mol. The van der Waals surface area contributed by atoms with E-state index in [4.69, 9.17) is 5.73 Å². The normalized spacial score (nSPS) is 25.9. The van der Waals surface area contributed by atoms with Crippen LogP contribution in [0.1, 0.15) is 29.3 Å². The molecule has 0 fully saturated rings. The van der Waals surface area contributed by atoms with Gasteiger partial charge in [-0.1, -0.05) is 18.2 Å². The lowest BCUT2D eigenvalue weighted by molar-refractivity contribution is -0.148. The molecule has 0 spiro atoms. The van der Waals surface area contributed by atoms with Crippen molar-refractivity contribution >= 4 is 29.1 Å². The number of primary amides is 1. The molecule has 2 aromatic rings. The van der Waals surface area contributed by atoms with E-state index in [9.17, 15) is 39.6 Å². The van der Waals surface area contributed by atoms with E-state index in [1.165, 1.54) is 17.9 Å². The van der Waals surface area contributed by atoms with Gasteiger partial charge in [0, 0.05) is 24.1 Å². The molecule has 0 aromatic heterocycles. The van der Waals surface area contributed by atoms with Crippen LogP contribution in [0.25, 0.3) is 11.1 Å². The molecule has 2 aromatic carbocycles. The second-order valence-electron chi connectivity index (χ2n) is 10.7. The smallest absolute Gasteiger partial charge is 0.255 e. The summed E-state index contributed by atoms with van der Waals surface area (Å²) in [6.07, 6.45) is 0.175. The fourth-order valence-electron chi connectivity index (χ4n) is 6.46. The zero-order chi connectivity index (χ0) is 29.3. The molecule has 7 N–H and O–H groups in total. The van der Waals surface area contributed by atoms with Crippen LogP contribution in [-0.4, -0.2) is 74.4 Å². The van der Waals surface area contributed by atoms with E-state index in [-0.39, 0.29) is 35.6 Å². The van der Waals surface area contributed by atoms with Crippen molar-refractivity contribution in [1.82, 2.24) is 4.90 Å². The molecule has 5 rings (SSSR count). The van der Waals surface area contributed by atoms with Gasteiger partial charge in [0.15, 0.2) is 11.4 Å². The molecule has 3 aliphatic carbocycles. The van der Waals surface area contributed by atoms with Gasteiger partial charge in [0.05, 0.1) is 11.6 Å². The molecule has 3 aliphatic rings. The van der Waals surface area contributed by atoms with Gasteiger partial charge in [-0.2, -0.15) is 0 Å². The summed E-state index contributed by atoms with van der Waals surface area (Å²) in [5.41, 5.74) is 4.02. The summed E-state index contributed by atoms with van der Waals surface area (Å²) in [5, 5.41) is 47.4. The second-order valence-corrected chi connectivity index (χ2v) is 10.7. The number of hydrogen-bond acceptors (Lipinski definition) is 9. The molecule has 2 amide bonds. The van der Waals surface area contributed by atoms with Crippen LogP contribution in [0.2, 0.25) is 0 Å². The largest absolute Gasteiger partial charge is 0.510 e. The maximum absolute atomic E-state index is 13.8. The number of nitrogens with two attached hydrogens (primary N) is 1. The average Bonchev–Trinajstić information content (AvgIpc) is 2.86. The average molecular weight is 548 g/mol. The van der Waals surface area contributed by atoms with Crippen molar-refractivity contribution in [3.05, 3.63) is 70.2 Å². The highest BCUT2D eigenvalue weighted by molar-refractivity contribution is 6.25. The Morgan fingerprint density at radius 1 is 1.05 bits per heavy atom. The number of aliphatic hydroxyl groups excluding tert-OH is 2. The first-order valence-corrected chi connectivity index (χ1v) is 12.7. The van der Waals surface area contributed by atoms with Crippen molar-refractivity contribution in [3.63, 3.8) is 0 Å². The molecular weight excluding hydrogens is 518 g/mol. The zero-order valence-corrected chi connectivity index (χ0v) is 22.1. The molecule has 40 heavy (non-hydrogen) atoms. The minimum Gasteiger partial charge on any atom is -0.510 e. The van der Waals surface area contributed by atoms with Gasteiger partial charge in [-0.3, -0.25) is 24.1 Å². The molecule has 0 radical (unpaired) electrons. The number of fused-ring (bicyclic) bond motifs is 3. The molecular formula is C29H29N3O8. The van der Waals surface area contributed by atoms with Crippen LogP contribution in [0.5, 0.6) is 5.75 Å². The Balaban J connectivity index is 1.66. The first-order valence-electron chi connectivity index (χ1n) is 12.7. The van der Waals surface area contributed by atoms with Gasteiger partial charge in [0.25, 0.3) is 5.91 Å². The van der Waals surface area contributed by atoms with Crippen LogP contribution in [-0.2, 0) is 20.8 Å². The van der Waals surface area contributed by atoms with Crippen molar-refractivity contribution in [2.45, 2.75) is 31.4 Å². The Bertz CT molecular complexity index is 1560. The summed E-state index contributed by atoms with van der Waals surface area (Å²) in [6.45, 7) is 1.40. The van der Waals surface area contributed by atoms with Crippen molar-refractivity contribution in [2.75, 3.05) is 19.4 Å². The number of carbonyl (C=O) groups is 4. The Morgan fingerprint density at radius 3 is 2.27 bits per heavy atom. The Labute approximate surface area is 229 Å². The number of anilines is 1. The third-order valence-corrected chi connectivity index (χ3v) is 8.12. The number of benzene rings is 2. The van der Waals surface area contributed by atoms with E-state index in [0.717, 1.165) is 0 Å². The molecule has 0 saturated carbocycles. The summed E-state index contributed by atoms with van der Waals surface area (Å²) in [6, 6.07) is 8.91. The quantitative estimate of drug-likeness (QED) is 0.310. The molecule has 208 valence electrons. The third kappa shape index (κ3) is 3.81. The lowest BCUT2D eigenvalue weighted by Crippen LogP contribution is -2.63. The molecule has 4 atom stereocenters.